The van der Waals surface area contributed by atoms with Gasteiger partial charge in [0.15, 0.2) is 0 Å². The third-order valence-corrected chi connectivity index (χ3v) is 3.83. The maximum absolute atomic E-state index is 12.1. The number of rotatable bonds is 4. The van der Waals surface area contributed by atoms with Crippen LogP contribution in [-0.2, 0) is 0 Å². The SMILES string of the molecule is COc1ccc(C(=O)NN=C(C)c2ccc(C)cc2)cc1Br. The summed E-state index contributed by atoms with van der Waals surface area (Å²) in [6.07, 6.45) is 0. The van der Waals surface area contributed by atoms with E-state index in [0.29, 0.717) is 11.3 Å². The largest absolute Gasteiger partial charge is 0.496 e. The summed E-state index contributed by atoms with van der Waals surface area (Å²) < 4.78 is 5.86. The molecule has 0 aromatic heterocycles. The quantitative estimate of drug-likeness (QED) is 0.663. The molecule has 1 N–H and O–H groups in total. The minimum absolute atomic E-state index is 0.269. The zero-order valence-corrected chi connectivity index (χ0v) is 14.3. The molecular formula is C17H17BrN2O2. The van der Waals surface area contributed by atoms with Crippen molar-refractivity contribution < 1.29 is 9.53 Å². The molecule has 0 aliphatic heterocycles. The first-order chi connectivity index (χ1) is 10.5. The summed E-state index contributed by atoms with van der Waals surface area (Å²) in [5.41, 5.74) is 5.98. The van der Waals surface area contributed by atoms with Crippen LogP contribution in [0.15, 0.2) is 52.0 Å². The van der Waals surface area contributed by atoms with Crippen LogP contribution < -0.4 is 10.2 Å². The van der Waals surface area contributed by atoms with E-state index >= 15 is 0 Å². The predicted molar refractivity (Wildman–Crippen MR) is 91.6 cm³/mol. The summed E-state index contributed by atoms with van der Waals surface area (Å²) in [6.45, 7) is 3.88. The van der Waals surface area contributed by atoms with Crippen molar-refractivity contribution in [2.24, 2.45) is 5.10 Å². The molecule has 0 saturated heterocycles. The van der Waals surface area contributed by atoms with Gasteiger partial charge in [-0.3, -0.25) is 4.79 Å². The topological polar surface area (TPSA) is 50.7 Å². The number of benzene rings is 2. The molecule has 0 aliphatic rings. The van der Waals surface area contributed by atoms with Gasteiger partial charge < -0.3 is 4.74 Å². The number of carbonyl (C=O) groups excluding carboxylic acids is 1. The van der Waals surface area contributed by atoms with Gasteiger partial charge in [0.05, 0.1) is 17.3 Å². The van der Waals surface area contributed by atoms with E-state index in [0.717, 1.165) is 15.7 Å². The molecule has 5 heteroatoms. The van der Waals surface area contributed by atoms with Gasteiger partial charge in [0.1, 0.15) is 5.75 Å². The van der Waals surface area contributed by atoms with Gasteiger partial charge in [0, 0.05) is 5.56 Å². The second-order valence-electron chi connectivity index (χ2n) is 4.85. The molecule has 0 fully saturated rings. The van der Waals surface area contributed by atoms with E-state index in [2.05, 4.69) is 26.5 Å². The zero-order chi connectivity index (χ0) is 16.1. The molecule has 0 aliphatic carbocycles. The molecule has 0 radical (unpaired) electrons. The van der Waals surface area contributed by atoms with Gasteiger partial charge >= 0.3 is 0 Å². The van der Waals surface area contributed by atoms with Crippen LogP contribution in [0.4, 0.5) is 0 Å². The number of nitrogens with one attached hydrogen (secondary N) is 1. The monoisotopic (exact) mass is 360 g/mol. The van der Waals surface area contributed by atoms with E-state index < -0.39 is 0 Å². The van der Waals surface area contributed by atoms with Crippen molar-refractivity contribution in [2.45, 2.75) is 13.8 Å². The Morgan fingerprint density at radius 1 is 1.14 bits per heavy atom. The van der Waals surface area contributed by atoms with Gasteiger partial charge in [0.2, 0.25) is 0 Å². The second kappa shape index (κ2) is 7.22. The lowest BCUT2D eigenvalue weighted by molar-refractivity contribution is 0.0954. The summed E-state index contributed by atoms with van der Waals surface area (Å²) in [7, 11) is 1.58. The second-order valence-corrected chi connectivity index (χ2v) is 5.71. The van der Waals surface area contributed by atoms with Gasteiger partial charge in [-0.25, -0.2) is 5.43 Å². The molecule has 2 aromatic carbocycles. The predicted octanol–water partition coefficient (Wildman–Crippen LogP) is 3.92. The first-order valence-corrected chi connectivity index (χ1v) is 7.56. The number of hydrogen-bond donors (Lipinski definition) is 1. The lowest BCUT2D eigenvalue weighted by atomic mass is 10.1. The van der Waals surface area contributed by atoms with E-state index in [9.17, 15) is 4.79 Å². The van der Waals surface area contributed by atoms with Crippen LogP contribution in [0.3, 0.4) is 0 Å². The minimum atomic E-state index is -0.269. The lowest BCUT2D eigenvalue weighted by Crippen LogP contribution is -2.19. The van der Waals surface area contributed by atoms with Crippen molar-refractivity contribution in [1.82, 2.24) is 5.43 Å². The van der Waals surface area contributed by atoms with Crippen LogP contribution in [-0.4, -0.2) is 18.7 Å². The van der Waals surface area contributed by atoms with Crippen LogP contribution in [0.1, 0.15) is 28.4 Å². The Hall–Kier alpha value is -2.14. The summed E-state index contributed by atoms with van der Waals surface area (Å²) in [4.78, 5) is 12.1. The van der Waals surface area contributed by atoms with Crippen molar-refractivity contribution in [3.8, 4) is 5.75 Å². The van der Waals surface area contributed by atoms with Gasteiger partial charge in [0.25, 0.3) is 5.91 Å². The summed E-state index contributed by atoms with van der Waals surface area (Å²) in [5, 5.41) is 4.14. The van der Waals surface area contributed by atoms with E-state index in [-0.39, 0.29) is 5.91 Å². The molecule has 4 nitrogen and oxygen atoms in total. The maximum Gasteiger partial charge on any atom is 0.271 e. The van der Waals surface area contributed by atoms with E-state index in [4.69, 9.17) is 4.74 Å². The standard InChI is InChI=1S/C17H17BrN2O2/c1-11-4-6-13(7-5-11)12(2)19-20-17(21)14-8-9-16(22-3)15(18)10-14/h4-10H,1-3H3,(H,20,21). The number of amides is 1. The molecule has 0 saturated carbocycles. The van der Waals surface area contributed by atoms with Crippen molar-refractivity contribution in [3.63, 3.8) is 0 Å². The minimum Gasteiger partial charge on any atom is -0.496 e. The van der Waals surface area contributed by atoms with Crippen LogP contribution in [0, 0.1) is 6.92 Å². The Morgan fingerprint density at radius 3 is 2.36 bits per heavy atom. The number of methoxy groups -OCH3 is 1. The molecule has 0 bridgehead atoms. The smallest absolute Gasteiger partial charge is 0.271 e. The molecule has 22 heavy (non-hydrogen) atoms. The highest BCUT2D eigenvalue weighted by molar-refractivity contribution is 9.10. The summed E-state index contributed by atoms with van der Waals surface area (Å²) >= 11 is 3.36. The molecule has 114 valence electrons. The highest BCUT2D eigenvalue weighted by atomic mass is 79.9. The fourth-order valence-corrected chi connectivity index (χ4v) is 2.41. The number of nitrogens with zero attached hydrogens (tertiary/aromatic N) is 1. The fourth-order valence-electron chi connectivity index (χ4n) is 1.87. The van der Waals surface area contributed by atoms with E-state index in [1.807, 2.05) is 38.1 Å². The number of hydrogen-bond acceptors (Lipinski definition) is 3. The van der Waals surface area contributed by atoms with Gasteiger partial charge in [-0.2, -0.15) is 5.10 Å². The first kappa shape index (κ1) is 16.2. The van der Waals surface area contributed by atoms with Crippen LogP contribution in [0.5, 0.6) is 5.75 Å². The van der Waals surface area contributed by atoms with Gasteiger partial charge in [-0.05, 0) is 53.5 Å². The summed E-state index contributed by atoms with van der Waals surface area (Å²) in [5.74, 6) is 0.408. The third kappa shape index (κ3) is 3.95. The summed E-state index contributed by atoms with van der Waals surface area (Å²) in [6, 6.07) is 13.1. The van der Waals surface area contributed by atoms with Gasteiger partial charge in [-0.15, -0.1) is 0 Å². The molecule has 2 rings (SSSR count). The van der Waals surface area contributed by atoms with E-state index in [1.165, 1.54) is 5.56 Å². The van der Waals surface area contributed by atoms with E-state index in [1.54, 1.807) is 25.3 Å². The Morgan fingerprint density at radius 2 is 1.77 bits per heavy atom. The number of hydrazone groups is 1. The number of halogens is 1. The van der Waals surface area contributed by atoms with Crippen molar-refractivity contribution >= 4 is 27.5 Å². The Bertz CT molecular complexity index is 709. The van der Waals surface area contributed by atoms with Crippen molar-refractivity contribution in [3.05, 3.63) is 63.6 Å². The Kier molecular flexibility index (Phi) is 5.33. The average molecular weight is 361 g/mol. The number of aryl methyl sites for hydroxylation is 1. The lowest BCUT2D eigenvalue weighted by Gasteiger charge is -2.06. The molecular weight excluding hydrogens is 344 g/mol. The Balaban J connectivity index is 2.10. The van der Waals surface area contributed by atoms with Crippen molar-refractivity contribution in [1.29, 1.82) is 0 Å². The van der Waals surface area contributed by atoms with Crippen molar-refractivity contribution in [2.75, 3.05) is 7.11 Å². The third-order valence-electron chi connectivity index (χ3n) is 3.21. The van der Waals surface area contributed by atoms with Crippen LogP contribution >= 0.6 is 15.9 Å². The molecule has 0 atom stereocenters. The van der Waals surface area contributed by atoms with Crippen LogP contribution in [0.25, 0.3) is 0 Å². The molecule has 2 aromatic rings. The normalized spacial score (nSPS) is 11.2. The number of carbonyl (C=O) groups is 1. The molecule has 1 amide bonds. The molecule has 0 unspecified atom stereocenters. The maximum atomic E-state index is 12.1. The van der Waals surface area contributed by atoms with Gasteiger partial charge in [-0.1, -0.05) is 29.8 Å². The Labute approximate surface area is 138 Å². The molecule has 0 spiro atoms. The van der Waals surface area contributed by atoms with Crippen LogP contribution in [0.2, 0.25) is 0 Å². The highest BCUT2D eigenvalue weighted by Crippen LogP contribution is 2.25. The number of ether oxygens (including phenoxy) is 1. The zero-order valence-electron chi connectivity index (χ0n) is 12.7. The highest BCUT2D eigenvalue weighted by Gasteiger charge is 2.08. The fraction of sp³-hybridized carbons (Fsp3) is 0.176. The average Bonchev–Trinajstić information content (AvgIpc) is 2.52. The molecule has 0 heterocycles. The first-order valence-electron chi connectivity index (χ1n) is 6.76.